The third-order valence-corrected chi connectivity index (χ3v) is 2.06. The van der Waals surface area contributed by atoms with Crippen molar-refractivity contribution >= 4 is 11.9 Å². The van der Waals surface area contributed by atoms with Crippen LogP contribution in [-0.2, 0) is 11.3 Å². The van der Waals surface area contributed by atoms with Gasteiger partial charge in [0.2, 0.25) is 11.9 Å². The average Bonchev–Trinajstić information content (AvgIpc) is 2.59. The number of anilines is 1. The summed E-state index contributed by atoms with van der Waals surface area (Å²) in [5.41, 5.74) is 0. The van der Waals surface area contributed by atoms with Crippen LogP contribution in [0.2, 0.25) is 0 Å². The van der Waals surface area contributed by atoms with E-state index in [0.29, 0.717) is 19.0 Å². The van der Waals surface area contributed by atoms with Crippen molar-refractivity contribution in [3.63, 3.8) is 0 Å². The maximum absolute atomic E-state index is 10.7. The first kappa shape index (κ1) is 12.5. The van der Waals surface area contributed by atoms with Crippen LogP contribution in [0.5, 0.6) is 0 Å². The van der Waals surface area contributed by atoms with Crippen molar-refractivity contribution in [3.05, 3.63) is 12.4 Å². The number of hydrogen-bond donors (Lipinski definition) is 2. The Kier molecular flexibility index (Phi) is 4.82. The van der Waals surface area contributed by atoms with Crippen molar-refractivity contribution < 1.29 is 4.79 Å². The molecule has 2 N–H and O–H groups in total. The van der Waals surface area contributed by atoms with Crippen LogP contribution in [0.25, 0.3) is 0 Å². The summed E-state index contributed by atoms with van der Waals surface area (Å²) < 4.78 is 2.08. The largest absolute Gasteiger partial charge is 0.355 e. The molecule has 1 heterocycles. The number of carbonyl (C=O) groups is 1. The van der Waals surface area contributed by atoms with Gasteiger partial charge >= 0.3 is 0 Å². The second-order valence-corrected chi connectivity index (χ2v) is 4.21. The second-order valence-electron chi connectivity index (χ2n) is 4.21. The van der Waals surface area contributed by atoms with Crippen molar-refractivity contribution in [2.75, 3.05) is 18.4 Å². The number of carbonyl (C=O) groups excluding carboxylic acids is 1. The molecule has 1 aromatic heterocycles. The van der Waals surface area contributed by atoms with Gasteiger partial charge in [-0.2, -0.15) is 0 Å². The lowest BCUT2D eigenvalue weighted by Gasteiger charge is -2.11. The third kappa shape index (κ3) is 4.33. The van der Waals surface area contributed by atoms with Gasteiger partial charge in [-0.3, -0.25) is 4.79 Å². The lowest BCUT2D eigenvalue weighted by molar-refractivity contribution is -0.118. The van der Waals surface area contributed by atoms with Gasteiger partial charge in [0.05, 0.1) is 0 Å². The molecule has 0 unspecified atom stereocenters. The molecule has 1 rings (SSSR count). The van der Waals surface area contributed by atoms with Crippen LogP contribution in [0.1, 0.15) is 20.8 Å². The first-order valence-electron chi connectivity index (χ1n) is 5.59. The predicted molar refractivity (Wildman–Crippen MR) is 64.2 cm³/mol. The monoisotopic (exact) mass is 224 g/mol. The van der Waals surface area contributed by atoms with Crippen molar-refractivity contribution in [2.24, 2.45) is 5.92 Å². The van der Waals surface area contributed by atoms with Crippen LogP contribution in [0.4, 0.5) is 5.95 Å². The third-order valence-electron chi connectivity index (χ3n) is 2.06. The van der Waals surface area contributed by atoms with Crippen LogP contribution < -0.4 is 10.6 Å². The van der Waals surface area contributed by atoms with E-state index in [1.807, 2.05) is 6.20 Å². The van der Waals surface area contributed by atoms with Gasteiger partial charge in [-0.1, -0.05) is 13.8 Å². The fourth-order valence-corrected chi connectivity index (χ4v) is 1.43. The molecule has 0 atom stereocenters. The van der Waals surface area contributed by atoms with E-state index in [-0.39, 0.29) is 5.91 Å². The first-order chi connectivity index (χ1) is 7.59. The van der Waals surface area contributed by atoms with Crippen molar-refractivity contribution in [1.29, 1.82) is 0 Å². The molecule has 0 saturated heterocycles. The zero-order valence-corrected chi connectivity index (χ0v) is 10.2. The van der Waals surface area contributed by atoms with Gasteiger partial charge in [0.1, 0.15) is 0 Å². The lowest BCUT2D eigenvalue weighted by atomic mass is 10.2. The summed E-state index contributed by atoms with van der Waals surface area (Å²) in [5, 5.41) is 5.92. The highest BCUT2D eigenvalue weighted by Crippen LogP contribution is 2.07. The molecule has 0 aliphatic carbocycles. The van der Waals surface area contributed by atoms with Crippen molar-refractivity contribution in [1.82, 2.24) is 14.9 Å². The van der Waals surface area contributed by atoms with Gasteiger partial charge in [0, 0.05) is 39.0 Å². The quantitative estimate of drug-likeness (QED) is 0.711. The Morgan fingerprint density at radius 2 is 2.25 bits per heavy atom. The maximum Gasteiger partial charge on any atom is 0.216 e. The molecule has 16 heavy (non-hydrogen) atoms. The average molecular weight is 224 g/mol. The molecule has 90 valence electrons. The molecule has 0 spiro atoms. The molecule has 5 nitrogen and oxygen atoms in total. The van der Waals surface area contributed by atoms with Gasteiger partial charge in [-0.25, -0.2) is 4.98 Å². The Labute approximate surface area is 96.3 Å². The molecule has 1 amide bonds. The minimum Gasteiger partial charge on any atom is -0.355 e. The maximum atomic E-state index is 10.7. The predicted octanol–water partition coefficient (Wildman–Crippen LogP) is 1.09. The van der Waals surface area contributed by atoms with Gasteiger partial charge in [0.25, 0.3) is 0 Å². The van der Waals surface area contributed by atoms with E-state index in [9.17, 15) is 4.79 Å². The molecule has 0 fully saturated rings. The normalized spacial score (nSPS) is 10.5. The number of nitrogens with zero attached hydrogens (tertiary/aromatic N) is 2. The van der Waals surface area contributed by atoms with Gasteiger partial charge in [-0.05, 0) is 5.92 Å². The highest BCUT2D eigenvalue weighted by molar-refractivity contribution is 5.72. The van der Waals surface area contributed by atoms with Crippen LogP contribution in [0.15, 0.2) is 12.4 Å². The van der Waals surface area contributed by atoms with Crippen LogP contribution in [0, 0.1) is 5.92 Å². The molecular formula is C11H20N4O. The van der Waals surface area contributed by atoms with E-state index < -0.39 is 0 Å². The zero-order chi connectivity index (χ0) is 12.0. The summed E-state index contributed by atoms with van der Waals surface area (Å²) in [6.45, 7) is 8.10. The highest BCUT2D eigenvalue weighted by atomic mass is 16.1. The number of nitrogens with one attached hydrogen (secondary N) is 2. The summed E-state index contributed by atoms with van der Waals surface area (Å²) in [4.78, 5) is 14.9. The van der Waals surface area contributed by atoms with E-state index in [2.05, 4.69) is 34.0 Å². The number of rotatable bonds is 6. The van der Waals surface area contributed by atoms with Gasteiger partial charge < -0.3 is 15.2 Å². The zero-order valence-electron chi connectivity index (χ0n) is 10.2. The Morgan fingerprint density at radius 3 is 2.88 bits per heavy atom. The molecule has 5 heteroatoms. The van der Waals surface area contributed by atoms with E-state index in [1.165, 1.54) is 6.92 Å². The van der Waals surface area contributed by atoms with Crippen LogP contribution in [0.3, 0.4) is 0 Å². The highest BCUT2D eigenvalue weighted by Gasteiger charge is 2.03. The molecule has 0 bridgehead atoms. The van der Waals surface area contributed by atoms with E-state index in [4.69, 9.17) is 0 Å². The number of hydrogen-bond acceptors (Lipinski definition) is 3. The SMILES string of the molecule is CC(=O)NCCNc1nccn1CC(C)C. The lowest BCUT2D eigenvalue weighted by Crippen LogP contribution is -2.27. The Morgan fingerprint density at radius 1 is 1.50 bits per heavy atom. The molecule has 1 aromatic rings. The van der Waals surface area contributed by atoms with Gasteiger partial charge in [0.15, 0.2) is 0 Å². The van der Waals surface area contributed by atoms with Crippen LogP contribution in [-0.4, -0.2) is 28.5 Å². The minimum absolute atomic E-state index is 0.00711. The molecule has 0 aliphatic heterocycles. The minimum atomic E-state index is -0.00711. The summed E-state index contributed by atoms with van der Waals surface area (Å²) in [5.74, 6) is 1.44. The van der Waals surface area contributed by atoms with E-state index in [1.54, 1.807) is 6.20 Å². The van der Waals surface area contributed by atoms with Crippen molar-refractivity contribution in [3.8, 4) is 0 Å². The Balaban J connectivity index is 2.35. The summed E-state index contributed by atoms with van der Waals surface area (Å²) >= 11 is 0. The number of amides is 1. The first-order valence-corrected chi connectivity index (χ1v) is 5.59. The van der Waals surface area contributed by atoms with E-state index in [0.717, 1.165) is 12.5 Å². The number of imidazole rings is 1. The fourth-order valence-electron chi connectivity index (χ4n) is 1.43. The molecular weight excluding hydrogens is 204 g/mol. The van der Waals surface area contributed by atoms with Crippen molar-refractivity contribution in [2.45, 2.75) is 27.3 Å². The Bertz CT molecular complexity index is 332. The van der Waals surface area contributed by atoms with Gasteiger partial charge in [-0.15, -0.1) is 0 Å². The van der Waals surface area contributed by atoms with Crippen LogP contribution >= 0.6 is 0 Å². The second kappa shape index (κ2) is 6.15. The fraction of sp³-hybridized carbons (Fsp3) is 0.636. The standard InChI is InChI=1S/C11H20N4O/c1-9(2)8-15-7-6-14-11(15)13-5-4-12-10(3)16/h6-7,9H,4-5,8H2,1-3H3,(H,12,16)(H,13,14). The number of aromatic nitrogens is 2. The molecule has 0 aromatic carbocycles. The summed E-state index contributed by atoms with van der Waals surface area (Å²) in [7, 11) is 0. The van der Waals surface area contributed by atoms with E-state index >= 15 is 0 Å². The Hall–Kier alpha value is -1.52. The molecule has 0 radical (unpaired) electrons. The molecule has 0 aliphatic rings. The molecule has 0 saturated carbocycles. The smallest absolute Gasteiger partial charge is 0.216 e. The summed E-state index contributed by atoms with van der Waals surface area (Å²) in [6, 6.07) is 0. The topological polar surface area (TPSA) is 59.0 Å². The summed E-state index contributed by atoms with van der Waals surface area (Å²) in [6.07, 6.45) is 3.74.